The van der Waals surface area contributed by atoms with Crippen LogP contribution in [-0.2, 0) is 11.2 Å². The van der Waals surface area contributed by atoms with Gasteiger partial charge in [0.15, 0.2) is 5.78 Å². The molecule has 2 aliphatic rings. The smallest absolute Gasteiger partial charge is 0.293 e. The molecule has 1 aromatic heterocycles. The second kappa shape index (κ2) is 8.43. The third-order valence-corrected chi connectivity index (χ3v) is 8.40. The summed E-state index contributed by atoms with van der Waals surface area (Å²) in [5, 5.41) is 22.0. The summed E-state index contributed by atoms with van der Waals surface area (Å²) in [5.74, 6) is -0.518. The van der Waals surface area contributed by atoms with E-state index in [2.05, 4.69) is 22.0 Å². The number of nitro groups is 1. The number of carbonyl (C=O) groups is 1. The van der Waals surface area contributed by atoms with Crippen LogP contribution in [0.1, 0.15) is 49.3 Å². The molecule has 2 aromatic rings. The van der Waals surface area contributed by atoms with Gasteiger partial charge in [-0.2, -0.15) is 5.26 Å². The van der Waals surface area contributed by atoms with E-state index in [0.717, 1.165) is 20.6 Å². The van der Waals surface area contributed by atoms with Crippen LogP contribution in [0.3, 0.4) is 0 Å². The molecule has 0 bridgehead atoms. The number of Topliss-reactive ketones (excluding diaryl/α,β-unsaturated/α-hetero) is 1. The highest BCUT2D eigenvalue weighted by molar-refractivity contribution is 9.10. The number of halogens is 1. The average Bonchev–Trinajstić information content (AvgIpc) is 3.12. The molecular weight excluding hydrogens is 504 g/mol. The Balaban J connectivity index is 2.04. The third kappa shape index (κ3) is 3.87. The molecule has 9 heteroatoms. The number of nitrogens with two attached hydrogens (primary N) is 1. The first-order valence-corrected chi connectivity index (χ1v) is 12.2. The maximum absolute atomic E-state index is 13.6. The van der Waals surface area contributed by atoms with Crippen molar-refractivity contribution in [1.29, 1.82) is 5.26 Å². The molecule has 0 saturated carbocycles. The molecule has 170 valence electrons. The van der Waals surface area contributed by atoms with Gasteiger partial charge in [0.1, 0.15) is 11.5 Å². The molecule has 1 aliphatic carbocycles. The zero-order chi connectivity index (χ0) is 24.1. The summed E-state index contributed by atoms with van der Waals surface area (Å²) in [4.78, 5) is 28.4. The Hall–Kier alpha value is -2.96. The maximum Gasteiger partial charge on any atom is 0.293 e. The predicted molar refractivity (Wildman–Crippen MR) is 132 cm³/mol. The standard InChI is InChI=1S/C24H23BrN4O3S/c1-4-19-14(25)9-20(33-19)21-13(12-26)23(27)28(15-7-5-6-8-16(15)29(31)32)17-10-24(2,3)11-18(30)22(17)21/h5-9,21H,4,10-11,27H2,1-3H3. The Morgan fingerprint density at radius 3 is 2.67 bits per heavy atom. The van der Waals surface area contributed by atoms with Gasteiger partial charge in [0, 0.05) is 38.0 Å². The van der Waals surface area contributed by atoms with Crippen LogP contribution >= 0.6 is 27.3 Å². The summed E-state index contributed by atoms with van der Waals surface area (Å²) in [5.41, 5.74) is 7.74. The molecular formula is C24H23BrN4O3S. The molecule has 0 fully saturated rings. The number of para-hydroxylation sites is 2. The number of anilines is 1. The Labute approximate surface area is 204 Å². The molecule has 1 aliphatic heterocycles. The zero-order valence-electron chi connectivity index (χ0n) is 18.5. The van der Waals surface area contributed by atoms with Crippen LogP contribution in [0, 0.1) is 26.9 Å². The number of nitrogens with zero attached hydrogens (tertiary/aromatic N) is 3. The lowest BCUT2D eigenvalue weighted by Crippen LogP contribution is -2.42. The lowest BCUT2D eigenvalue weighted by atomic mass is 9.69. The highest BCUT2D eigenvalue weighted by Gasteiger charge is 2.46. The van der Waals surface area contributed by atoms with E-state index in [1.807, 2.05) is 26.8 Å². The van der Waals surface area contributed by atoms with Crippen molar-refractivity contribution in [3.8, 4) is 6.07 Å². The Kier molecular flexibility index (Phi) is 5.93. The third-order valence-electron chi connectivity index (χ3n) is 6.08. The summed E-state index contributed by atoms with van der Waals surface area (Å²) < 4.78 is 0.938. The van der Waals surface area contributed by atoms with Gasteiger partial charge in [-0.15, -0.1) is 11.3 Å². The van der Waals surface area contributed by atoms with Crippen LogP contribution in [0.15, 0.2) is 57.5 Å². The fourth-order valence-corrected chi connectivity index (χ4v) is 6.72. The lowest BCUT2D eigenvalue weighted by Gasteiger charge is -2.43. The van der Waals surface area contributed by atoms with Gasteiger partial charge >= 0.3 is 0 Å². The highest BCUT2D eigenvalue weighted by atomic mass is 79.9. The van der Waals surface area contributed by atoms with Crippen molar-refractivity contribution < 1.29 is 9.72 Å². The number of carbonyl (C=O) groups excluding carboxylic acids is 1. The molecule has 0 spiro atoms. The Bertz CT molecular complexity index is 1280. The van der Waals surface area contributed by atoms with Gasteiger partial charge in [0.25, 0.3) is 5.69 Å². The molecule has 2 heterocycles. The quantitative estimate of drug-likeness (QED) is 0.390. The topological polar surface area (TPSA) is 113 Å². The summed E-state index contributed by atoms with van der Waals surface area (Å²) >= 11 is 5.14. The molecule has 4 rings (SSSR count). The van der Waals surface area contributed by atoms with Crippen LogP contribution in [0.2, 0.25) is 0 Å². The van der Waals surface area contributed by atoms with Gasteiger partial charge in [0.2, 0.25) is 0 Å². The monoisotopic (exact) mass is 526 g/mol. The first kappa shape index (κ1) is 23.2. The van der Waals surface area contributed by atoms with Crippen LogP contribution in [0.5, 0.6) is 0 Å². The molecule has 0 radical (unpaired) electrons. The summed E-state index contributed by atoms with van der Waals surface area (Å²) in [7, 11) is 0. The van der Waals surface area contributed by atoms with E-state index in [-0.39, 0.29) is 34.0 Å². The number of aryl methyl sites for hydroxylation is 1. The second-order valence-corrected chi connectivity index (χ2v) is 11.0. The number of nitriles is 1. The van der Waals surface area contributed by atoms with Crippen molar-refractivity contribution in [3.05, 3.63) is 77.3 Å². The van der Waals surface area contributed by atoms with Gasteiger partial charge in [-0.25, -0.2) is 0 Å². The van der Waals surface area contributed by atoms with Gasteiger partial charge < -0.3 is 5.73 Å². The number of hydrogen-bond donors (Lipinski definition) is 1. The van der Waals surface area contributed by atoms with E-state index in [9.17, 15) is 20.2 Å². The van der Waals surface area contributed by atoms with Gasteiger partial charge in [-0.05, 0) is 46.3 Å². The number of rotatable bonds is 4. The predicted octanol–water partition coefficient (Wildman–Crippen LogP) is 5.92. The van der Waals surface area contributed by atoms with Crippen LogP contribution in [0.25, 0.3) is 0 Å². The first-order valence-electron chi connectivity index (χ1n) is 10.6. The molecule has 1 unspecified atom stereocenters. The van der Waals surface area contributed by atoms with E-state index in [1.54, 1.807) is 34.4 Å². The second-order valence-electron chi connectivity index (χ2n) is 9.00. The summed E-state index contributed by atoms with van der Waals surface area (Å²) in [6.07, 6.45) is 1.65. The minimum absolute atomic E-state index is 0.0577. The molecule has 1 aromatic carbocycles. The number of benzene rings is 1. The van der Waals surface area contributed by atoms with Crippen molar-refractivity contribution in [2.75, 3.05) is 4.90 Å². The molecule has 2 N–H and O–H groups in total. The Morgan fingerprint density at radius 2 is 2.06 bits per heavy atom. The van der Waals surface area contributed by atoms with Crippen LogP contribution < -0.4 is 10.6 Å². The fraction of sp³-hybridized carbons (Fsp3) is 0.333. The first-order chi connectivity index (χ1) is 15.6. The minimum Gasteiger partial charge on any atom is -0.384 e. The van der Waals surface area contributed by atoms with E-state index in [4.69, 9.17) is 5.73 Å². The number of nitro benzene ring substituents is 1. The van der Waals surface area contributed by atoms with E-state index in [1.165, 1.54) is 6.07 Å². The zero-order valence-corrected chi connectivity index (χ0v) is 20.9. The summed E-state index contributed by atoms with van der Waals surface area (Å²) in [6.45, 7) is 6.04. The van der Waals surface area contributed by atoms with Gasteiger partial charge in [-0.1, -0.05) is 32.9 Å². The van der Waals surface area contributed by atoms with Crippen molar-refractivity contribution in [2.24, 2.45) is 11.1 Å². The SMILES string of the molecule is CCc1sc(C2C(C#N)=C(N)N(c3ccccc3[N+](=O)[O-])C3=C2C(=O)CC(C)(C)C3)cc1Br. The van der Waals surface area contributed by atoms with Gasteiger partial charge in [0.05, 0.1) is 22.5 Å². The Morgan fingerprint density at radius 1 is 1.36 bits per heavy atom. The largest absolute Gasteiger partial charge is 0.384 e. The van der Waals surface area contributed by atoms with Crippen molar-refractivity contribution in [3.63, 3.8) is 0 Å². The van der Waals surface area contributed by atoms with Crippen LogP contribution in [0.4, 0.5) is 11.4 Å². The van der Waals surface area contributed by atoms with Gasteiger partial charge in [-0.3, -0.25) is 19.8 Å². The van der Waals surface area contributed by atoms with Crippen molar-refractivity contribution >= 4 is 44.4 Å². The minimum atomic E-state index is -0.589. The number of thiophene rings is 1. The molecule has 1 atom stereocenters. The number of allylic oxidation sites excluding steroid dienone is 3. The number of hydrogen-bond acceptors (Lipinski definition) is 7. The molecule has 33 heavy (non-hydrogen) atoms. The lowest BCUT2D eigenvalue weighted by molar-refractivity contribution is -0.384. The summed E-state index contributed by atoms with van der Waals surface area (Å²) in [6, 6.07) is 10.5. The molecule has 7 nitrogen and oxygen atoms in total. The van der Waals surface area contributed by atoms with E-state index < -0.39 is 10.8 Å². The maximum atomic E-state index is 13.6. The number of ketones is 1. The molecule has 0 saturated heterocycles. The van der Waals surface area contributed by atoms with E-state index >= 15 is 0 Å². The normalized spacial score (nSPS) is 20.0. The van der Waals surface area contributed by atoms with Crippen molar-refractivity contribution in [1.82, 2.24) is 0 Å². The molecule has 0 amide bonds. The highest BCUT2D eigenvalue weighted by Crippen LogP contribution is 2.52. The van der Waals surface area contributed by atoms with Crippen molar-refractivity contribution in [2.45, 2.75) is 46.0 Å². The average molecular weight is 527 g/mol. The van der Waals surface area contributed by atoms with Crippen LogP contribution in [-0.4, -0.2) is 10.7 Å². The fourth-order valence-electron chi connectivity index (χ4n) is 4.69. The van der Waals surface area contributed by atoms with E-state index in [0.29, 0.717) is 24.1 Å².